The van der Waals surface area contributed by atoms with Gasteiger partial charge in [0.25, 0.3) is 0 Å². The van der Waals surface area contributed by atoms with E-state index in [1.54, 1.807) is 12.1 Å². The van der Waals surface area contributed by atoms with Crippen LogP contribution in [0.1, 0.15) is 5.56 Å². The molecule has 6 nitrogen and oxygen atoms in total. The van der Waals surface area contributed by atoms with Crippen LogP contribution in [0.15, 0.2) is 42.5 Å². The Morgan fingerprint density at radius 1 is 1.19 bits per heavy atom. The number of halogens is 1. The molecule has 2 N–H and O–H groups in total. The number of hydrogen-bond acceptors (Lipinski definition) is 5. The predicted molar refractivity (Wildman–Crippen MR) is 107 cm³/mol. The number of carbonyl (C=O) groups is 1. The van der Waals surface area contributed by atoms with Gasteiger partial charge in [-0.25, -0.2) is 0 Å². The van der Waals surface area contributed by atoms with E-state index in [9.17, 15) is 4.79 Å². The van der Waals surface area contributed by atoms with Gasteiger partial charge >= 0.3 is 0 Å². The number of nitrogens with zero attached hydrogens (tertiary/aromatic N) is 2. The van der Waals surface area contributed by atoms with Crippen LogP contribution in [0.5, 0.6) is 0 Å². The molecule has 0 aliphatic carbocycles. The zero-order chi connectivity index (χ0) is 19.1. The van der Waals surface area contributed by atoms with Gasteiger partial charge in [-0.15, -0.1) is 0 Å². The van der Waals surface area contributed by atoms with E-state index >= 15 is 0 Å². The molecule has 0 radical (unpaired) electrons. The molecule has 1 saturated heterocycles. The van der Waals surface area contributed by atoms with Crippen molar-refractivity contribution in [1.82, 2.24) is 0 Å². The Kier molecular flexibility index (Phi) is 6.53. The van der Waals surface area contributed by atoms with E-state index in [1.165, 1.54) is 0 Å². The number of amides is 1. The number of para-hydroxylation sites is 1. The third-order valence-corrected chi connectivity index (χ3v) is 4.58. The fourth-order valence-electron chi connectivity index (χ4n) is 2.94. The number of benzene rings is 2. The van der Waals surface area contributed by atoms with E-state index in [0.717, 1.165) is 30.0 Å². The number of rotatable bonds is 6. The molecule has 0 spiro atoms. The summed E-state index contributed by atoms with van der Waals surface area (Å²) in [6.45, 7) is 2.97. The Balaban J connectivity index is 1.61. The second-order valence-electron chi connectivity index (χ2n) is 6.17. The molecule has 1 fully saturated rings. The highest BCUT2D eigenvalue weighted by Gasteiger charge is 2.18. The zero-order valence-electron chi connectivity index (χ0n) is 14.9. The second-order valence-corrected chi connectivity index (χ2v) is 6.58. The minimum atomic E-state index is -0.157. The van der Waals surface area contributed by atoms with Crippen LogP contribution >= 0.6 is 11.6 Å². The predicted octanol–water partition coefficient (Wildman–Crippen LogP) is 3.29. The molecular weight excluding hydrogens is 364 g/mol. The maximum atomic E-state index is 12.3. The van der Waals surface area contributed by atoms with Gasteiger partial charge in [0.15, 0.2) is 0 Å². The van der Waals surface area contributed by atoms with Crippen LogP contribution in [0.4, 0.5) is 17.1 Å². The highest BCUT2D eigenvalue weighted by molar-refractivity contribution is 6.34. The maximum absolute atomic E-state index is 12.3. The minimum absolute atomic E-state index is 0.123. The minimum Gasteiger partial charge on any atom is -0.378 e. The number of morpholine rings is 1. The van der Waals surface area contributed by atoms with Gasteiger partial charge in [-0.3, -0.25) is 4.79 Å². The van der Waals surface area contributed by atoms with Crippen molar-refractivity contribution in [3.05, 3.63) is 53.1 Å². The van der Waals surface area contributed by atoms with Crippen molar-refractivity contribution in [3.8, 4) is 6.07 Å². The lowest BCUT2D eigenvalue weighted by molar-refractivity contribution is -0.114. The lowest BCUT2D eigenvalue weighted by Crippen LogP contribution is -2.37. The van der Waals surface area contributed by atoms with Gasteiger partial charge in [-0.05, 0) is 29.8 Å². The number of hydrogen-bond donors (Lipinski definition) is 2. The average Bonchev–Trinajstić information content (AvgIpc) is 2.69. The van der Waals surface area contributed by atoms with Crippen molar-refractivity contribution in [2.45, 2.75) is 6.42 Å². The Morgan fingerprint density at radius 2 is 1.93 bits per heavy atom. The molecule has 3 rings (SSSR count). The fraction of sp³-hybridized carbons (Fsp3) is 0.300. The highest BCUT2D eigenvalue weighted by atomic mass is 35.5. The van der Waals surface area contributed by atoms with E-state index in [2.05, 4.69) is 21.6 Å². The number of anilines is 3. The molecule has 2 aromatic rings. The summed E-state index contributed by atoms with van der Waals surface area (Å²) in [5.74, 6) is -0.157. The monoisotopic (exact) mass is 384 g/mol. The summed E-state index contributed by atoms with van der Waals surface area (Å²) in [5.41, 5.74) is 3.34. The van der Waals surface area contributed by atoms with E-state index in [1.807, 2.05) is 30.3 Å². The topological polar surface area (TPSA) is 77.4 Å². The number of carbonyl (C=O) groups excluding carboxylic acids is 1. The van der Waals surface area contributed by atoms with Crippen molar-refractivity contribution >= 4 is 34.6 Å². The number of nitriles is 1. The first kappa shape index (κ1) is 19.0. The van der Waals surface area contributed by atoms with Gasteiger partial charge in [0.05, 0.1) is 48.6 Å². The molecule has 1 aliphatic rings. The summed E-state index contributed by atoms with van der Waals surface area (Å²) in [4.78, 5) is 14.4. The van der Waals surface area contributed by atoms with Crippen molar-refractivity contribution in [3.63, 3.8) is 0 Å². The Morgan fingerprint density at radius 3 is 2.63 bits per heavy atom. The van der Waals surface area contributed by atoms with Crippen molar-refractivity contribution in [2.75, 3.05) is 48.4 Å². The van der Waals surface area contributed by atoms with E-state index in [4.69, 9.17) is 21.6 Å². The molecule has 1 amide bonds. The fourth-order valence-corrected chi connectivity index (χ4v) is 3.24. The first-order valence-corrected chi connectivity index (χ1v) is 9.16. The number of nitrogens with one attached hydrogen (secondary N) is 2. The second kappa shape index (κ2) is 9.26. The van der Waals surface area contributed by atoms with E-state index < -0.39 is 0 Å². The van der Waals surface area contributed by atoms with Gasteiger partial charge in [0.2, 0.25) is 5.91 Å². The SMILES string of the molecule is N#CCc1ccc(NC(=O)CNc2cccc(Cl)c2N2CCOCC2)cc1. The summed E-state index contributed by atoms with van der Waals surface area (Å²) in [6.07, 6.45) is 0.356. The molecule has 0 saturated carbocycles. The average molecular weight is 385 g/mol. The largest absolute Gasteiger partial charge is 0.378 e. The quantitative estimate of drug-likeness (QED) is 0.799. The molecule has 7 heteroatoms. The van der Waals surface area contributed by atoms with Gasteiger partial charge in [-0.2, -0.15) is 5.26 Å². The summed E-state index contributed by atoms with van der Waals surface area (Å²) < 4.78 is 5.40. The molecule has 1 aliphatic heterocycles. The van der Waals surface area contributed by atoms with Crippen molar-refractivity contribution in [1.29, 1.82) is 5.26 Å². The highest BCUT2D eigenvalue weighted by Crippen LogP contribution is 2.34. The molecule has 2 aromatic carbocycles. The van der Waals surface area contributed by atoms with Crippen LogP contribution in [-0.2, 0) is 16.0 Å². The molecule has 1 heterocycles. The smallest absolute Gasteiger partial charge is 0.243 e. The van der Waals surface area contributed by atoms with Crippen molar-refractivity contribution < 1.29 is 9.53 Å². The lowest BCUT2D eigenvalue weighted by Gasteiger charge is -2.31. The number of ether oxygens (including phenoxy) is 1. The Bertz CT molecular complexity index is 827. The molecule has 0 bridgehead atoms. The van der Waals surface area contributed by atoms with Crippen LogP contribution in [0.25, 0.3) is 0 Å². The third-order valence-electron chi connectivity index (χ3n) is 4.27. The van der Waals surface area contributed by atoms with Crippen LogP contribution in [0, 0.1) is 11.3 Å². The van der Waals surface area contributed by atoms with Crippen LogP contribution in [0.2, 0.25) is 5.02 Å². The van der Waals surface area contributed by atoms with Crippen LogP contribution < -0.4 is 15.5 Å². The summed E-state index contributed by atoms with van der Waals surface area (Å²) in [6, 6.07) is 15.0. The molecular formula is C20H21ClN4O2. The zero-order valence-corrected chi connectivity index (χ0v) is 15.6. The first-order chi connectivity index (χ1) is 13.2. The Hall–Kier alpha value is -2.75. The van der Waals surface area contributed by atoms with Gasteiger partial charge < -0.3 is 20.3 Å². The van der Waals surface area contributed by atoms with Crippen LogP contribution in [-0.4, -0.2) is 38.8 Å². The Labute approximate surface area is 163 Å². The van der Waals surface area contributed by atoms with Crippen LogP contribution in [0.3, 0.4) is 0 Å². The maximum Gasteiger partial charge on any atom is 0.243 e. The van der Waals surface area contributed by atoms with Gasteiger partial charge in [0.1, 0.15) is 0 Å². The van der Waals surface area contributed by atoms with Gasteiger partial charge in [-0.1, -0.05) is 29.8 Å². The van der Waals surface area contributed by atoms with Crippen molar-refractivity contribution in [2.24, 2.45) is 0 Å². The molecule has 27 heavy (non-hydrogen) atoms. The summed E-state index contributed by atoms with van der Waals surface area (Å²) >= 11 is 6.40. The summed E-state index contributed by atoms with van der Waals surface area (Å²) in [7, 11) is 0. The normalized spacial score (nSPS) is 13.7. The van der Waals surface area contributed by atoms with Gasteiger partial charge in [0, 0.05) is 18.8 Å². The molecule has 140 valence electrons. The molecule has 0 aromatic heterocycles. The first-order valence-electron chi connectivity index (χ1n) is 8.78. The van der Waals surface area contributed by atoms with E-state index in [-0.39, 0.29) is 12.5 Å². The summed E-state index contributed by atoms with van der Waals surface area (Å²) in [5, 5.41) is 15.4. The lowest BCUT2D eigenvalue weighted by atomic mass is 10.1. The molecule has 0 atom stereocenters. The third kappa shape index (κ3) is 5.13. The molecule has 0 unspecified atom stereocenters. The standard InChI is InChI=1S/C20H21ClN4O2/c21-17-2-1-3-18(20(17)25-10-12-27-13-11-25)23-14-19(26)24-16-6-4-15(5-7-16)8-9-22/h1-7,23H,8,10-14H2,(H,24,26). The van der Waals surface area contributed by atoms with E-state index in [0.29, 0.717) is 30.3 Å².